The van der Waals surface area contributed by atoms with Crippen molar-refractivity contribution >= 4 is 0 Å². The van der Waals surface area contributed by atoms with Gasteiger partial charge in [0.15, 0.2) is 0 Å². The predicted octanol–water partition coefficient (Wildman–Crippen LogP) is 3.90. The lowest BCUT2D eigenvalue weighted by Gasteiger charge is -2.30. The summed E-state index contributed by atoms with van der Waals surface area (Å²) in [6.07, 6.45) is 3.17. The molecule has 3 nitrogen and oxygen atoms in total. The molecule has 0 amide bonds. The highest BCUT2D eigenvalue weighted by molar-refractivity contribution is 5.32. The molecule has 3 rings (SSSR count). The van der Waals surface area contributed by atoms with Crippen LogP contribution in [-0.2, 0) is 0 Å². The summed E-state index contributed by atoms with van der Waals surface area (Å²) in [5.41, 5.74) is 5.11. The molecule has 1 atom stereocenters. The van der Waals surface area contributed by atoms with Crippen LogP contribution in [0.25, 0.3) is 0 Å². The van der Waals surface area contributed by atoms with Crippen LogP contribution in [-0.4, -0.2) is 36.1 Å². The van der Waals surface area contributed by atoms with Crippen molar-refractivity contribution in [1.29, 1.82) is 0 Å². The third kappa shape index (κ3) is 4.03. The Morgan fingerprint density at radius 2 is 1.71 bits per heavy atom. The van der Waals surface area contributed by atoms with Gasteiger partial charge in [0.2, 0.25) is 0 Å². The van der Waals surface area contributed by atoms with Gasteiger partial charge in [-0.05, 0) is 48.6 Å². The Balaban J connectivity index is 1.95. The molecule has 1 unspecified atom stereocenters. The molecule has 0 spiro atoms. The van der Waals surface area contributed by atoms with E-state index in [0.29, 0.717) is 5.92 Å². The number of benzene rings is 1. The highest BCUT2D eigenvalue weighted by Crippen LogP contribution is 2.29. The number of rotatable bonds is 4. The first-order chi connectivity index (χ1) is 11.6. The topological polar surface area (TPSA) is 28.2 Å². The Kier molecular flexibility index (Phi) is 5.64. The maximum absolute atomic E-state index is 4.76. The first-order valence-corrected chi connectivity index (χ1v) is 9.12. The number of aryl methyl sites for hydroxylation is 1. The van der Waals surface area contributed by atoms with Gasteiger partial charge in [0.25, 0.3) is 0 Å². The van der Waals surface area contributed by atoms with E-state index in [1.54, 1.807) is 0 Å². The first kappa shape index (κ1) is 17.1. The number of pyridine rings is 1. The molecular weight excluding hydrogens is 294 g/mol. The highest BCUT2D eigenvalue weighted by Gasteiger charge is 2.24. The van der Waals surface area contributed by atoms with Crippen molar-refractivity contribution in [3.8, 4) is 0 Å². The van der Waals surface area contributed by atoms with Crippen LogP contribution in [0.5, 0.6) is 0 Å². The van der Waals surface area contributed by atoms with Crippen LogP contribution in [0.3, 0.4) is 0 Å². The lowest BCUT2D eigenvalue weighted by atomic mass is 9.96. The van der Waals surface area contributed by atoms with Crippen LogP contribution in [0.2, 0.25) is 0 Å². The summed E-state index contributed by atoms with van der Waals surface area (Å²) in [6.45, 7) is 10.9. The van der Waals surface area contributed by atoms with Gasteiger partial charge in [0, 0.05) is 25.8 Å². The minimum absolute atomic E-state index is 0.242. The Hall–Kier alpha value is -1.71. The fraction of sp³-hybridized carbons (Fsp3) is 0.476. The maximum atomic E-state index is 4.76. The van der Waals surface area contributed by atoms with Crippen molar-refractivity contribution < 1.29 is 0 Å². The molecule has 0 aliphatic carbocycles. The summed E-state index contributed by atoms with van der Waals surface area (Å²) in [4.78, 5) is 7.33. The summed E-state index contributed by atoms with van der Waals surface area (Å²) in [5, 5.41) is 3.51. The van der Waals surface area contributed by atoms with Gasteiger partial charge in [-0.15, -0.1) is 0 Å². The van der Waals surface area contributed by atoms with Gasteiger partial charge in [0.05, 0.1) is 11.7 Å². The largest absolute Gasteiger partial charge is 0.315 e. The molecule has 2 aromatic rings. The third-order valence-corrected chi connectivity index (χ3v) is 4.87. The van der Waals surface area contributed by atoms with Crippen LogP contribution in [0.4, 0.5) is 0 Å². The predicted molar refractivity (Wildman–Crippen MR) is 100 cm³/mol. The second-order valence-electron chi connectivity index (χ2n) is 7.12. The van der Waals surface area contributed by atoms with Crippen LogP contribution >= 0.6 is 0 Å². The Labute approximate surface area is 146 Å². The Morgan fingerprint density at radius 1 is 0.958 bits per heavy atom. The molecule has 0 saturated carbocycles. The monoisotopic (exact) mass is 323 g/mol. The molecule has 0 radical (unpaired) electrons. The molecule has 128 valence electrons. The van der Waals surface area contributed by atoms with Gasteiger partial charge >= 0.3 is 0 Å². The van der Waals surface area contributed by atoms with Crippen molar-refractivity contribution in [2.75, 3.05) is 26.2 Å². The number of nitrogens with zero attached hydrogens (tertiary/aromatic N) is 2. The molecule has 1 aromatic heterocycles. The zero-order valence-electron chi connectivity index (χ0n) is 15.1. The van der Waals surface area contributed by atoms with Crippen molar-refractivity contribution in [1.82, 2.24) is 15.2 Å². The molecule has 0 bridgehead atoms. The zero-order chi connectivity index (χ0) is 16.9. The number of nitrogens with one attached hydrogen (secondary N) is 1. The van der Waals surface area contributed by atoms with E-state index in [9.17, 15) is 0 Å². The van der Waals surface area contributed by atoms with Gasteiger partial charge < -0.3 is 5.32 Å². The lowest BCUT2D eigenvalue weighted by Crippen LogP contribution is -2.33. The van der Waals surface area contributed by atoms with E-state index in [4.69, 9.17) is 4.98 Å². The molecular formula is C21H29N3. The highest BCUT2D eigenvalue weighted by atomic mass is 15.2. The molecule has 1 fully saturated rings. The van der Waals surface area contributed by atoms with E-state index in [1.165, 1.54) is 23.1 Å². The van der Waals surface area contributed by atoms with Crippen LogP contribution in [0, 0.1) is 6.92 Å². The second-order valence-corrected chi connectivity index (χ2v) is 7.12. The Bertz CT molecular complexity index is 623. The molecule has 1 aliphatic heterocycles. The van der Waals surface area contributed by atoms with Gasteiger partial charge in [-0.1, -0.05) is 44.2 Å². The lowest BCUT2D eigenvalue weighted by molar-refractivity contribution is 0.237. The van der Waals surface area contributed by atoms with Crippen LogP contribution < -0.4 is 5.32 Å². The van der Waals surface area contributed by atoms with E-state index >= 15 is 0 Å². The minimum Gasteiger partial charge on any atom is -0.315 e. The van der Waals surface area contributed by atoms with Gasteiger partial charge in [-0.25, -0.2) is 0 Å². The van der Waals surface area contributed by atoms with Gasteiger partial charge in [-0.2, -0.15) is 0 Å². The standard InChI is InChI=1S/C21H29N3/c1-16(2)18-6-8-19(9-7-18)21(20-10-5-17(3)15-23-20)24-13-4-11-22-12-14-24/h5-10,15-16,21-22H,4,11-14H2,1-3H3. The van der Waals surface area contributed by atoms with Gasteiger partial charge in [0.1, 0.15) is 0 Å². The fourth-order valence-corrected chi connectivity index (χ4v) is 3.40. The molecule has 1 saturated heterocycles. The first-order valence-electron chi connectivity index (χ1n) is 9.12. The fourth-order valence-electron chi connectivity index (χ4n) is 3.40. The van der Waals surface area contributed by atoms with Crippen LogP contribution in [0.1, 0.15) is 54.6 Å². The average molecular weight is 323 g/mol. The minimum atomic E-state index is 0.242. The zero-order valence-corrected chi connectivity index (χ0v) is 15.1. The summed E-state index contributed by atoms with van der Waals surface area (Å²) >= 11 is 0. The van der Waals surface area contributed by atoms with Gasteiger partial charge in [-0.3, -0.25) is 9.88 Å². The summed E-state index contributed by atoms with van der Waals surface area (Å²) < 4.78 is 0. The number of hydrogen-bond acceptors (Lipinski definition) is 3. The third-order valence-electron chi connectivity index (χ3n) is 4.87. The molecule has 1 aliphatic rings. The average Bonchev–Trinajstić information content (AvgIpc) is 2.87. The SMILES string of the molecule is Cc1ccc(C(c2ccc(C(C)C)cc2)N2CCCNCC2)nc1. The van der Waals surface area contributed by atoms with E-state index < -0.39 is 0 Å². The smallest absolute Gasteiger partial charge is 0.0776 e. The van der Waals surface area contributed by atoms with Crippen molar-refractivity contribution in [2.24, 2.45) is 0 Å². The molecule has 24 heavy (non-hydrogen) atoms. The van der Waals surface area contributed by atoms with Crippen molar-refractivity contribution in [3.05, 3.63) is 65.0 Å². The summed E-state index contributed by atoms with van der Waals surface area (Å²) in [6, 6.07) is 13.7. The van der Waals surface area contributed by atoms with Crippen LogP contribution in [0.15, 0.2) is 42.6 Å². The normalized spacial score (nSPS) is 17.7. The van der Waals surface area contributed by atoms with E-state index in [2.05, 4.69) is 67.4 Å². The molecule has 2 heterocycles. The molecule has 1 aromatic carbocycles. The quantitative estimate of drug-likeness (QED) is 0.925. The summed E-state index contributed by atoms with van der Waals surface area (Å²) in [7, 11) is 0. The van der Waals surface area contributed by atoms with Crippen molar-refractivity contribution in [2.45, 2.75) is 39.2 Å². The van der Waals surface area contributed by atoms with Crippen molar-refractivity contribution in [3.63, 3.8) is 0 Å². The maximum Gasteiger partial charge on any atom is 0.0776 e. The van der Waals surface area contributed by atoms with E-state index in [-0.39, 0.29) is 6.04 Å². The Morgan fingerprint density at radius 3 is 2.38 bits per heavy atom. The van der Waals surface area contributed by atoms with E-state index in [1.807, 2.05) is 6.20 Å². The molecule has 3 heteroatoms. The second kappa shape index (κ2) is 7.91. The molecule has 1 N–H and O–H groups in total. The van der Waals surface area contributed by atoms with E-state index in [0.717, 1.165) is 31.9 Å². The summed E-state index contributed by atoms with van der Waals surface area (Å²) in [5.74, 6) is 0.567. The number of hydrogen-bond donors (Lipinski definition) is 1. The number of aromatic nitrogens is 1.